The number of rotatable bonds is 0. The van der Waals surface area contributed by atoms with E-state index in [0.717, 1.165) is 0 Å². The van der Waals surface area contributed by atoms with Crippen LogP contribution in [-0.2, 0) is 27.1 Å². The van der Waals surface area contributed by atoms with Crippen LogP contribution in [0.5, 0.6) is 0 Å². The van der Waals surface area contributed by atoms with Crippen LogP contribution in [0.4, 0.5) is 0 Å². The number of hydrogen-bond donors (Lipinski definition) is 1. The third-order valence-corrected chi connectivity index (χ3v) is 3.04. The van der Waals surface area contributed by atoms with Gasteiger partial charge >= 0.3 is 17.1 Å². The number of carbonyl (C=O) groups is 1. The van der Waals surface area contributed by atoms with E-state index in [4.69, 9.17) is 0 Å². The molecule has 2 rings (SSSR count). The van der Waals surface area contributed by atoms with Gasteiger partial charge in [-0.1, -0.05) is 12.1 Å². The van der Waals surface area contributed by atoms with Crippen LogP contribution in [0.1, 0.15) is 10.4 Å². The van der Waals surface area contributed by atoms with E-state index in [9.17, 15) is 13.2 Å². The van der Waals surface area contributed by atoms with Crippen molar-refractivity contribution in [3.63, 3.8) is 0 Å². The van der Waals surface area contributed by atoms with Gasteiger partial charge in [-0.2, -0.15) is 0 Å². The summed E-state index contributed by atoms with van der Waals surface area (Å²) in [4.78, 5) is 11.1. The fourth-order valence-electron chi connectivity index (χ4n) is 1.12. The molecule has 1 aliphatic rings. The molecule has 14 heavy (non-hydrogen) atoms. The second-order valence-corrected chi connectivity index (χ2v) is 4.08. The fourth-order valence-corrected chi connectivity index (χ4v) is 2.29. The average molecular weight is 328 g/mol. The number of sulfonamides is 1. The summed E-state index contributed by atoms with van der Waals surface area (Å²) in [5.74, 6) is -0.550. The summed E-state index contributed by atoms with van der Waals surface area (Å²) < 4.78 is 24.2. The first-order valence-electron chi connectivity index (χ1n) is 3.27. The van der Waals surface area contributed by atoms with E-state index in [2.05, 4.69) is 0 Å². The molecule has 4 nitrogen and oxygen atoms in total. The molecule has 81 valence electrons. The molecule has 0 atom stereocenters. The molecular weight excluding hydrogens is 321 g/mol. The Balaban J connectivity index is 0.000000845. The van der Waals surface area contributed by atoms with E-state index in [1.807, 2.05) is 4.72 Å². The SMILES string of the molecule is O=C1NS(=O)(=O)c2ccccc21.[Cu].[SeH2]. The van der Waals surface area contributed by atoms with Crippen molar-refractivity contribution in [2.24, 2.45) is 0 Å². The van der Waals surface area contributed by atoms with Crippen LogP contribution in [0, 0.1) is 0 Å². The Labute approximate surface area is 102 Å². The molecule has 0 spiro atoms. The van der Waals surface area contributed by atoms with Crippen molar-refractivity contribution in [2.75, 3.05) is 0 Å². The summed E-state index contributed by atoms with van der Waals surface area (Å²) in [5, 5.41) is 0. The quantitative estimate of drug-likeness (QED) is 0.635. The van der Waals surface area contributed by atoms with Crippen LogP contribution in [-0.4, -0.2) is 31.4 Å². The summed E-state index contributed by atoms with van der Waals surface area (Å²) in [6, 6.07) is 6.09. The Bertz CT molecular complexity index is 460. The molecule has 0 unspecified atom stereocenters. The Hall–Kier alpha value is -0.321. The Morgan fingerprint density at radius 2 is 1.71 bits per heavy atom. The monoisotopic (exact) mass is 328 g/mol. The summed E-state index contributed by atoms with van der Waals surface area (Å²) in [6.07, 6.45) is 0. The van der Waals surface area contributed by atoms with E-state index in [1.165, 1.54) is 12.1 Å². The van der Waals surface area contributed by atoms with Crippen LogP contribution >= 0.6 is 0 Å². The minimum atomic E-state index is -3.55. The topological polar surface area (TPSA) is 63.2 Å². The zero-order valence-electron chi connectivity index (χ0n) is 6.74. The number of fused-ring (bicyclic) bond motifs is 1. The van der Waals surface area contributed by atoms with Crippen LogP contribution in [0.25, 0.3) is 0 Å². The van der Waals surface area contributed by atoms with Crippen molar-refractivity contribution in [1.29, 1.82) is 0 Å². The second kappa shape index (κ2) is 4.47. The molecule has 7 heteroatoms. The van der Waals surface area contributed by atoms with Gasteiger partial charge in [0.15, 0.2) is 0 Å². The molecule has 1 heterocycles. The van der Waals surface area contributed by atoms with E-state index in [-0.39, 0.29) is 44.6 Å². The molecular formula is C7H7CuNO3SSe. The van der Waals surface area contributed by atoms with Crippen LogP contribution in [0.2, 0.25) is 0 Å². The molecule has 0 fully saturated rings. The summed E-state index contributed by atoms with van der Waals surface area (Å²) >= 11 is 0. The summed E-state index contributed by atoms with van der Waals surface area (Å²) in [7, 11) is -3.55. The molecule has 0 saturated heterocycles. The average Bonchev–Trinajstić information content (AvgIpc) is 2.25. The van der Waals surface area contributed by atoms with E-state index >= 15 is 0 Å². The van der Waals surface area contributed by atoms with Crippen molar-refractivity contribution in [2.45, 2.75) is 4.90 Å². The Morgan fingerprint density at radius 3 is 2.29 bits per heavy atom. The van der Waals surface area contributed by atoms with Crippen molar-refractivity contribution >= 4 is 33.0 Å². The minimum absolute atomic E-state index is 0. The predicted molar refractivity (Wildman–Crippen MR) is 49.6 cm³/mol. The summed E-state index contributed by atoms with van der Waals surface area (Å²) in [5.41, 5.74) is 0.220. The molecule has 1 aliphatic heterocycles. The van der Waals surface area contributed by atoms with Gasteiger partial charge in [0.1, 0.15) is 4.90 Å². The fraction of sp³-hybridized carbons (Fsp3) is 0. The van der Waals surface area contributed by atoms with Gasteiger partial charge < -0.3 is 0 Å². The van der Waals surface area contributed by atoms with Gasteiger partial charge in [-0.3, -0.25) is 4.79 Å². The van der Waals surface area contributed by atoms with Gasteiger partial charge in [0.25, 0.3) is 15.9 Å². The van der Waals surface area contributed by atoms with Gasteiger partial charge in [0.05, 0.1) is 5.56 Å². The molecule has 1 aromatic carbocycles. The molecule has 1 N–H and O–H groups in total. The first-order valence-corrected chi connectivity index (χ1v) is 4.76. The van der Waals surface area contributed by atoms with E-state index in [0.29, 0.717) is 0 Å². The molecule has 0 saturated carbocycles. The molecule has 0 aliphatic carbocycles. The first kappa shape index (κ1) is 13.7. The summed E-state index contributed by atoms with van der Waals surface area (Å²) in [6.45, 7) is 0. The third-order valence-electron chi connectivity index (χ3n) is 1.65. The van der Waals surface area contributed by atoms with Gasteiger partial charge in [0.2, 0.25) is 0 Å². The van der Waals surface area contributed by atoms with Crippen molar-refractivity contribution < 1.29 is 30.3 Å². The van der Waals surface area contributed by atoms with Gasteiger partial charge in [-0.25, -0.2) is 13.1 Å². The zero-order valence-corrected chi connectivity index (χ0v) is 10.6. The van der Waals surface area contributed by atoms with Gasteiger partial charge in [0, 0.05) is 17.1 Å². The van der Waals surface area contributed by atoms with Crippen molar-refractivity contribution in [3.05, 3.63) is 29.8 Å². The molecule has 0 aromatic heterocycles. The molecule has 0 bridgehead atoms. The van der Waals surface area contributed by atoms with Crippen molar-refractivity contribution in [3.8, 4) is 0 Å². The zero-order chi connectivity index (χ0) is 8.77. The van der Waals surface area contributed by atoms with Crippen molar-refractivity contribution in [1.82, 2.24) is 4.72 Å². The number of benzene rings is 1. The maximum absolute atomic E-state index is 11.1. The van der Waals surface area contributed by atoms with Gasteiger partial charge in [-0.15, -0.1) is 0 Å². The van der Waals surface area contributed by atoms with E-state index < -0.39 is 15.9 Å². The number of hydrogen-bond acceptors (Lipinski definition) is 3. The normalized spacial score (nSPS) is 15.9. The van der Waals surface area contributed by atoms with E-state index in [1.54, 1.807) is 12.1 Å². The molecule has 1 amide bonds. The maximum atomic E-state index is 11.1. The van der Waals surface area contributed by atoms with Crippen LogP contribution in [0.3, 0.4) is 0 Å². The first-order chi connectivity index (χ1) is 5.61. The Morgan fingerprint density at radius 1 is 1.14 bits per heavy atom. The van der Waals surface area contributed by atoms with Crippen LogP contribution in [0.15, 0.2) is 29.2 Å². The molecule has 1 radical (unpaired) electrons. The third kappa shape index (κ3) is 2.02. The number of nitrogens with one attached hydrogen (secondary N) is 1. The number of amides is 1. The molecule has 1 aromatic rings. The predicted octanol–water partition coefficient (Wildman–Crippen LogP) is -0.800. The van der Waals surface area contributed by atoms with Crippen LogP contribution < -0.4 is 4.72 Å². The van der Waals surface area contributed by atoms with Gasteiger partial charge in [-0.05, 0) is 12.1 Å². The standard InChI is InChI=1S/C7H5NO3S.Cu.H2Se/c9-7-5-3-1-2-4-6(5)12(10,11)8-7;;/h1-4H,(H,8,9);;1H2. The Kier molecular flexibility index (Phi) is 4.36. The second-order valence-electron chi connectivity index (χ2n) is 2.43. The number of carbonyl (C=O) groups excluding carboxylic acids is 1.